The van der Waals surface area contributed by atoms with Crippen molar-refractivity contribution in [3.63, 3.8) is 0 Å². The molecule has 0 unspecified atom stereocenters. The van der Waals surface area contributed by atoms with E-state index in [0.29, 0.717) is 31.9 Å². The fourth-order valence-electron chi connectivity index (χ4n) is 3.07. The molecular weight excluding hydrogens is 320 g/mol. The van der Waals surface area contributed by atoms with E-state index in [2.05, 4.69) is 5.10 Å². The van der Waals surface area contributed by atoms with Gasteiger partial charge < -0.3 is 14.5 Å². The zero-order chi connectivity index (χ0) is 18.0. The first kappa shape index (κ1) is 17.0. The van der Waals surface area contributed by atoms with Crippen LogP contribution < -0.4 is 4.74 Å². The van der Waals surface area contributed by atoms with E-state index in [-0.39, 0.29) is 5.91 Å². The average Bonchev–Trinajstić information content (AvgIpc) is 3.03. The molecule has 7 heteroatoms. The second kappa shape index (κ2) is 6.96. The Bertz CT molecular complexity index is 792. The maximum Gasteiger partial charge on any atom is 0.274 e. The van der Waals surface area contributed by atoms with Gasteiger partial charge in [-0.25, -0.2) is 0 Å². The van der Waals surface area contributed by atoms with E-state index < -0.39 is 0 Å². The standard InChI is InChI=1S/C18H22N4O3/c1-13-10-14(4-5-17(13)25-3)16-11-15(19-20(16)2)18(24)22-8-6-21(12-23)7-9-22/h4-5,10-12H,6-9H2,1-3H3. The lowest BCUT2D eigenvalue weighted by Crippen LogP contribution is -2.48. The first-order chi connectivity index (χ1) is 12.0. The highest BCUT2D eigenvalue weighted by atomic mass is 16.5. The highest BCUT2D eigenvalue weighted by Crippen LogP contribution is 2.26. The van der Waals surface area contributed by atoms with E-state index in [1.54, 1.807) is 21.6 Å². The Balaban J connectivity index is 1.81. The van der Waals surface area contributed by atoms with E-state index in [0.717, 1.165) is 29.0 Å². The van der Waals surface area contributed by atoms with Crippen LogP contribution in [0.3, 0.4) is 0 Å². The lowest BCUT2D eigenvalue weighted by atomic mass is 10.1. The van der Waals surface area contributed by atoms with Crippen LogP contribution in [-0.2, 0) is 11.8 Å². The topological polar surface area (TPSA) is 67.7 Å². The van der Waals surface area contributed by atoms with Crippen molar-refractivity contribution < 1.29 is 14.3 Å². The van der Waals surface area contributed by atoms with Crippen molar-refractivity contribution in [2.24, 2.45) is 7.05 Å². The van der Waals surface area contributed by atoms with Crippen LogP contribution in [0.2, 0.25) is 0 Å². The van der Waals surface area contributed by atoms with Crippen LogP contribution in [0.5, 0.6) is 5.75 Å². The van der Waals surface area contributed by atoms with Crippen LogP contribution in [0, 0.1) is 6.92 Å². The molecule has 0 N–H and O–H groups in total. The summed E-state index contributed by atoms with van der Waals surface area (Å²) >= 11 is 0. The van der Waals surface area contributed by atoms with E-state index >= 15 is 0 Å². The number of methoxy groups -OCH3 is 1. The molecule has 7 nitrogen and oxygen atoms in total. The Labute approximate surface area is 146 Å². The van der Waals surface area contributed by atoms with Gasteiger partial charge in [0, 0.05) is 38.8 Å². The highest BCUT2D eigenvalue weighted by molar-refractivity contribution is 5.93. The summed E-state index contributed by atoms with van der Waals surface area (Å²) in [5.41, 5.74) is 3.31. The molecule has 132 valence electrons. The summed E-state index contributed by atoms with van der Waals surface area (Å²) in [4.78, 5) is 26.9. The van der Waals surface area contributed by atoms with Gasteiger partial charge in [0.05, 0.1) is 12.8 Å². The molecule has 0 saturated carbocycles. The van der Waals surface area contributed by atoms with Crippen molar-refractivity contribution in [1.82, 2.24) is 19.6 Å². The van der Waals surface area contributed by atoms with Crippen molar-refractivity contribution >= 4 is 12.3 Å². The molecule has 25 heavy (non-hydrogen) atoms. The van der Waals surface area contributed by atoms with E-state index in [4.69, 9.17) is 4.74 Å². The van der Waals surface area contributed by atoms with Crippen LogP contribution >= 0.6 is 0 Å². The molecule has 2 aromatic rings. The largest absolute Gasteiger partial charge is 0.496 e. The Morgan fingerprint density at radius 1 is 1.20 bits per heavy atom. The minimum Gasteiger partial charge on any atom is -0.496 e. The van der Waals surface area contributed by atoms with Gasteiger partial charge in [-0.05, 0) is 36.8 Å². The summed E-state index contributed by atoms with van der Waals surface area (Å²) in [5.74, 6) is 0.730. The van der Waals surface area contributed by atoms with Gasteiger partial charge in [-0.3, -0.25) is 14.3 Å². The zero-order valence-corrected chi connectivity index (χ0v) is 14.7. The molecule has 3 rings (SSSR count). The summed E-state index contributed by atoms with van der Waals surface area (Å²) in [6.45, 7) is 4.17. The van der Waals surface area contributed by atoms with E-state index in [1.165, 1.54) is 0 Å². The average molecular weight is 342 g/mol. The molecule has 1 aliphatic heterocycles. The number of aryl methyl sites for hydroxylation is 2. The minimum absolute atomic E-state index is 0.0994. The number of hydrogen-bond acceptors (Lipinski definition) is 4. The Kier molecular flexibility index (Phi) is 4.74. The van der Waals surface area contributed by atoms with Crippen molar-refractivity contribution in [2.75, 3.05) is 33.3 Å². The van der Waals surface area contributed by atoms with Gasteiger partial charge >= 0.3 is 0 Å². The third-order valence-electron chi connectivity index (χ3n) is 4.54. The molecule has 1 saturated heterocycles. The third-order valence-corrected chi connectivity index (χ3v) is 4.54. The van der Waals surface area contributed by atoms with E-state index in [1.807, 2.05) is 38.2 Å². The van der Waals surface area contributed by atoms with Crippen LogP contribution in [0.25, 0.3) is 11.3 Å². The molecule has 0 aliphatic carbocycles. The van der Waals surface area contributed by atoms with Gasteiger partial charge in [0.2, 0.25) is 6.41 Å². The second-order valence-corrected chi connectivity index (χ2v) is 6.16. The van der Waals surface area contributed by atoms with Crippen molar-refractivity contribution in [1.29, 1.82) is 0 Å². The first-order valence-corrected chi connectivity index (χ1v) is 8.21. The molecular formula is C18H22N4O3. The van der Waals surface area contributed by atoms with Crippen LogP contribution in [0.1, 0.15) is 16.1 Å². The van der Waals surface area contributed by atoms with E-state index in [9.17, 15) is 9.59 Å². The number of carbonyl (C=O) groups excluding carboxylic acids is 2. The molecule has 1 aromatic heterocycles. The number of ether oxygens (including phenoxy) is 1. The number of aromatic nitrogens is 2. The van der Waals surface area contributed by atoms with Gasteiger partial charge in [-0.2, -0.15) is 5.10 Å². The fourth-order valence-corrected chi connectivity index (χ4v) is 3.07. The molecule has 0 bridgehead atoms. The van der Waals surface area contributed by atoms with Crippen LogP contribution in [-0.4, -0.2) is 65.2 Å². The minimum atomic E-state index is -0.0994. The summed E-state index contributed by atoms with van der Waals surface area (Å²) < 4.78 is 7.01. The lowest BCUT2D eigenvalue weighted by molar-refractivity contribution is -0.119. The summed E-state index contributed by atoms with van der Waals surface area (Å²) in [7, 11) is 3.48. The molecule has 0 atom stereocenters. The van der Waals surface area contributed by atoms with Gasteiger partial charge in [0.1, 0.15) is 5.75 Å². The SMILES string of the molecule is COc1ccc(-c2cc(C(=O)N3CCN(C=O)CC3)nn2C)cc1C. The van der Waals surface area contributed by atoms with Crippen LogP contribution in [0.4, 0.5) is 0 Å². The smallest absolute Gasteiger partial charge is 0.274 e. The van der Waals surface area contributed by atoms with Crippen molar-refractivity contribution in [3.8, 4) is 17.0 Å². The molecule has 2 amide bonds. The van der Waals surface area contributed by atoms with Crippen LogP contribution in [0.15, 0.2) is 24.3 Å². The highest BCUT2D eigenvalue weighted by Gasteiger charge is 2.24. The second-order valence-electron chi connectivity index (χ2n) is 6.16. The van der Waals surface area contributed by atoms with Gasteiger partial charge in [-0.15, -0.1) is 0 Å². The van der Waals surface area contributed by atoms with Crippen molar-refractivity contribution in [2.45, 2.75) is 6.92 Å². The van der Waals surface area contributed by atoms with Gasteiger partial charge in [0.15, 0.2) is 5.69 Å². The monoisotopic (exact) mass is 342 g/mol. The third kappa shape index (κ3) is 3.35. The van der Waals surface area contributed by atoms with Gasteiger partial charge in [-0.1, -0.05) is 0 Å². The molecule has 1 fully saturated rings. The number of piperazine rings is 1. The number of hydrogen-bond donors (Lipinski definition) is 0. The van der Waals surface area contributed by atoms with Gasteiger partial charge in [0.25, 0.3) is 5.91 Å². The maximum absolute atomic E-state index is 12.7. The Morgan fingerprint density at radius 2 is 1.92 bits per heavy atom. The predicted octanol–water partition coefficient (Wildman–Crippen LogP) is 1.32. The summed E-state index contributed by atoms with van der Waals surface area (Å²) in [6, 6.07) is 7.71. The number of nitrogens with zero attached hydrogens (tertiary/aromatic N) is 4. The molecule has 0 radical (unpaired) electrons. The fraction of sp³-hybridized carbons (Fsp3) is 0.389. The molecule has 1 aliphatic rings. The number of amides is 2. The summed E-state index contributed by atoms with van der Waals surface area (Å²) in [5, 5.41) is 4.38. The summed E-state index contributed by atoms with van der Waals surface area (Å²) in [6.07, 6.45) is 0.826. The predicted molar refractivity (Wildman–Crippen MR) is 93.5 cm³/mol. The maximum atomic E-state index is 12.7. The molecule has 1 aromatic carbocycles. The number of benzene rings is 1. The lowest BCUT2D eigenvalue weighted by Gasteiger charge is -2.32. The zero-order valence-electron chi connectivity index (χ0n) is 14.7. The number of rotatable bonds is 4. The Hall–Kier alpha value is -2.83. The molecule has 2 heterocycles. The Morgan fingerprint density at radius 3 is 2.52 bits per heavy atom. The first-order valence-electron chi connectivity index (χ1n) is 8.21. The molecule has 0 spiro atoms. The van der Waals surface area contributed by atoms with Crippen molar-refractivity contribution in [3.05, 3.63) is 35.5 Å². The quantitative estimate of drug-likeness (QED) is 0.786. The normalized spacial score (nSPS) is 14.5. The number of carbonyl (C=O) groups is 2.